The maximum absolute atomic E-state index is 13.8. The van der Waals surface area contributed by atoms with Crippen molar-refractivity contribution in [3.63, 3.8) is 0 Å². The molecule has 0 saturated carbocycles. The van der Waals surface area contributed by atoms with Gasteiger partial charge in [-0.15, -0.1) is 0 Å². The first-order valence-corrected chi connectivity index (χ1v) is 15.5. The van der Waals surface area contributed by atoms with Gasteiger partial charge in [0.15, 0.2) is 0 Å². The number of ether oxygens (including phenoxy) is 1. The minimum Gasteiger partial charge on any atom is -0.449 e. The number of pyridine rings is 1. The molecule has 1 heterocycles. The fourth-order valence-corrected chi connectivity index (χ4v) is 6.10. The molecule has 4 N–H and O–H groups in total. The SMILES string of the molecule is CCN(CC)CCCC(C)N(C(=O)OCCCC(=O)N(P(=O)(O)O)P(=O)(O)O)c1ccnc2cc(F)ccc12. The molecule has 0 saturated heterocycles. The summed E-state index contributed by atoms with van der Waals surface area (Å²) in [6.07, 6.45) is 1.09. The number of fused-ring (bicyclic) bond motifs is 1. The molecular formula is C23H35FN4O9P2. The smallest absolute Gasteiger partial charge is 0.441 e. The largest absolute Gasteiger partial charge is 0.449 e. The molecule has 0 spiro atoms. The van der Waals surface area contributed by atoms with Crippen molar-refractivity contribution in [3.05, 3.63) is 36.3 Å². The van der Waals surface area contributed by atoms with Crippen LogP contribution in [0.5, 0.6) is 0 Å². The summed E-state index contributed by atoms with van der Waals surface area (Å²) in [4.78, 5) is 69.7. The molecule has 1 aromatic heterocycles. The third-order valence-corrected chi connectivity index (χ3v) is 8.88. The van der Waals surface area contributed by atoms with Crippen LogP contribution in [0.1, 0.15) is 46.5 Å². The van der Waals surface area contributed by atoms with Crippen LogP contribution in [-0.4, -0.2) is 78.2 Å². The maximum atomic E-state index is 13.8. The number of hydrogen-bond acceptors (Lipinski definition) is 7. The highest BCUT2D eigenvalue weighted by Gasteiger charge is 2.43. The molecule has 2 amide bonds. The van der Waals surface area contributed by atoms with Gasteiger partial charge in [0.25, 0.3) is 0 Å². The Morgan fingerprint density at radius 2 is 1.69 bits per heavy atom. The number of hydrogen-bond donors (Lipinski definition) is 4. The number of carbonyl (C=O) groups excluding carboxylic acids is 2. The van der Waals surface area contributed by atoms with Crippen molar-refractivity contribution in [2.45, 2.75) is 52.5 Å². The Balaban J connectivity index is 2.19. The van der Waals surface area contributed by atoms with Crippen LogP contribution < -0.4 is 4.90 Å². The molecule has 0 radical (unpaired) electrons. The fraction of sp³-hybridized carbons (Fsp3) is 0.522. The zero-order chi connectivity index (χ0) is 29.4. The molecule has 0 aliphatic heterocycles. The van der Waals surface area contributed by atoms with Gasteiger partial charge in [0.1, 0.15) is 5.82 Å². The minimum atomic E-state index is -5.57. The van der Waals surface area contributed by atoms with Crippen LogP contribution in [0.25, 0.3) is 10.9 Å². The van der Waals surface area contributed by atoms with E-state index < -0.39 is 44.2 Å². The molecule has 1 aromatic carbocycles. The average Bonchev–Trinajstić information content (AvgIpc) is 2.82. The summed E-state index contributed by atoms with van der Waals surface area (Å²) >= 11 is 0. The normalized spacial score (nSPS) is 12.9. The summed E-state index contributed by atoms with van der Waals surface area (Å²) in [6, 6.07) is 5.25. The zero-order valence-corrected chi connectivity index (χ0v) is 23.8. The topological polar surface area (TPSA) is 181 Å². The second-order valence-electron chi connectivity index (χ2n) is 8.81. The standard InChI is InChI=1S/C23H35FN4O9P2/c1-4-26(5-2)14-6-8-17(3)27(21-12-13-25-20-16-18(24)10-11-19(20)21)23(30)37-15-7-9-22(29)28(38(31,32)33)39(34,35)36/h10-13,16-17H,4-9,14-15H2,1-3H3,(H2,31,32,33)(H2,34,35,36). The van der Waals surface area contributed by atoms with Gasteiger partial charge < -0.3 is 29.2 Å². The number of amides is 2. The van der Waals surface area contributed by atoms with Gasteiger partial charge in [-0.05, 0) is 64.0 Å². The van der Waals surface area contributed by atoms with Crippen molar-refractivity contribution in [1.82, 2.24) is 14.3 Å². The second kappa shape index (κ2) is 14.3. The lowest BCUT2D eigenvalue weighted by Gasteiger charge is -2.30. The van der Waals surface area contributed by atoms with Crippen LogP contribution >= 0.6 is 15.5 Å². The third kappa shape index (κ3) is 9.32. The average molecular weight is 592 g/mol. The molecule has 16 heteroatoms. The number of anilines is 1. The molecule has 39 heavy (non-hydrogen) atoms. The first-order chi connectivity index (χ1) is 18.2. The highest BCUT2D eigenvalue weighted by Crippen LogP contribution is 2.58. The Morgan fingerprint density at radius 3 is 2.28 bits per heavy atom. The van der Waals surface area contributed by atoms with E-state index in [1.807, 2.05) is 6.92 Å². The van der Waals surface area contributed by atoms with E-state index in [1.165, 1.54) is 29.3 Å². The van der Waals surface area contributed by atoms with Crippen molar-refractivity contribution in [3.8, 4) is 0 Å². The number of benzene rings is 1. The monoisotopic (exact) mass is 592 g/mol. The molecule has 1 atom stereocenters. The van der Waals surface area contributed by atoms with Crippen LogP contribution in [-0.2, 0) is 18.7 Å². The number of halogens is 1. The molecular weight excluding hydrogens is 557 g/mol. The Morgan fingerprint density at radius 1 is 1.05 bits per heavy atom. The molecule has 1 unspecified atom stereocenters. The molecule has 2 rings (SSSR count). The number of nitrogens with zero attached hydrogens (tertiary/aromatic N) is 4. The fourth-order valence-electron chi connectivity index (χ4n) is 4.11. The van der Waals surface area contributed by atoms with E-state index in [0.29, 0.717) is 23.0 Å². The first kappa shape index (κ1) is 32.8. The van der Waals surface area contributed by atoms with Crippen molar-refractivity contribution < 1.29 is 47.4 Å². The lowest BCUT2D eigenvalue weighted by atomic mass is 10.1. The highest BCUT2D eigenvalue weighted by atomic mass is 31.3. The lowest BCUT2D eigenvalue weighted by molar-refractivity contribution is -0.124. The van der Waals surface area contributed by atoms with E-state index in [1.54, 1.807) is 6.07 Å². The molecule has 13 nitrogen and oxygen atoms in total. The second-order valence-corrected chi connectivity index (χ2v) is 12.0. The summed E-state index contributed by atoms with van der Waals surface area (Å²) < 4.78 is 41.1. The molecule has 2 aromatic rings. The van der Waals surface area contributed by atoms with Gasteiger partial charge in [-0.25, -0.2) is 18.3 Å². The molecule has 0 bridgehead atoms. The van der Waals surface area contributed by atoms with E-state index in [9.17, 15) is 23.1 Å². The Bertz CT molecular complexity index is 1210. The van der Waals surface area contributed by atoms with Crippen molar-refractivity contribution in [2.24, 2.45) is 0 Å². The van der Waals surface area contributed by atoms with E-state index in [2.05, 4.69) is 23.7 Å². The molecule has 218 valence electrons. The van der Waals surface area contributed by atoms with Crippen LogP contribution in [0.3, 0.4) is 0 Å². The Labute approximate surface area is 226 Å². The third-order valence-electron chi connectivity index (χ3n) is 6.05. The first-order valence-electron chi connectivity index (χ1n) is 12.4. The van der Waals surface area contributed by atoms with Crippen molar-refractivity contribution >= 4 is 44.1 Å². The van der Waals surface area contributed by atoms with E-state index in [4.69, 9.17) is 24.3 Å². The van der Waals surface area contributed by atoms with Gasteiger partial charge in [0.05, 0.1) is 17.8 Å². The van der Waals surface area contributed by atoms with Gasteiger partial charge in [-0.2, -0.15) is 4.44 Å². The summed E-state index contributed by atoms with van der Waals surface area (Å²) in [6.45, 7) is 8.17. The van der Waals surface area contributed by atoms with Gasteiger partial charge in [0, 0.05) is 30.1 Å². The number of aromatic nitrogens is 1. The van der Waals surface area contributed by atoms with Gasteiger partial charge >= 0.3 is 21.6 Å². The highest BCUT2D eigenvalue weighted by molar-refractivity contribution is 7.66. The van der Waals surface area contributed by atoms with Crippen LogP contribution in [0.15, 0.2) is 30.5 Å². The Hall–Kier alpha value is -2.44. The predicted molar refractivity (Wildman–Crippen MR) is 142 cm³/mol. The summed E-state index contributed by atoms with van der Waals surface area (Å²) in [7, 11) is -11.1. The quantitative estimate of drug-likeness (QED) is 0.186. The van der Waals surface area contributed by atoms with E-state index in [-0.39, 0.29) is 19.1 Å². The predicted octanol–water partition coefficient (Wildman–Crippen LogP) is 3.62. The van der Waals surface area contributed by atoms with E-state index in [0.717, 1.165) is 26.1 Å². The molecule has 0 aliphatic carbocycles. The Kier molecular flexibility index (Phi) is 12.0. The van der Waals surface area contributed by atoms with Crippen molar-refractivity contribution in [2.75, 3.05) is 31.1 Å². The minimum absolute atomic E-state index is 0.256. The summed E-state index contributed by atoms with van der Waals surface area (Å²) in [5.41, 5.74) is 0.770. The van der Waals surface area contributed by atoms with E-state index >= 15 is 0 Å². The number of rotatable bonds is 14. The van der Waals surface area contributed by atoms with Crippen LogP contribution in [0.4, 0.5) is 14.9 Å². The molecule has 0 fully saturated rings. The maximum Gasteiger partial charge on any atom is 0.441 e. The number of carbonyl (C=O) groups is 2. The summed E-state index contributed by atoms with van der Waals surface area (Å²) in [5, 5.41) is 0.514. The lowest BCUT2D eigenvalue weighted by Crippen LogP contribution is -2.40. The van der Waals surface area contributed by atoms with Gasteiger partial charge in [-0.1, -0.05) is 13.8 Å². The van der Waals surface area contributed by atoms with Crippen molar-refractivity contribution in [1.29, 1.82) is 0 Å². The van der Waals surface area contributed by atoms with Gasteiger partial charge in [-0.3, -0.25) is 14.7 Å². The van der Waals surface area contributed by atoms with Crippen LogP contribution in [0.2, 0.25) is 0 Å². The zero-order valence-electron chi connectivity index (χ0n) is 22.0. The molecule has 0 aliphatic rings. The van der Waals surface area contributed by atoms with Gasteiger partial charge in [0.2, 0.25) is 5.91 Å². The summed E-state index contributed by atoms with van der Waals surface area (Å²) in [5.74, 6) is -1.98. The van der Waals surface area contributed by atoms with Crippen LogP contribution in [0, 0.1) is 5.82 Å².